The zero-order chi connectivity index (χ0) is 18.0. The lowest BCUT2D eigenvalue weighted by Crippen LogP contribution is -2.27. The van der Waals surface area contributed by atoms with Crippen molar-refractivity contribution < 1.29 is 22.8 Å². The average molecular weight is 349 g/mol. The Kier molecular flexibility index (Phi) is 4.43. The highest BCUT2D eigenvalue weighted by Crippen LogP contribution is 2.30. The number of alkyl halides is 3. The van der Waals surface area contributed by atoms with Crippen LogP contribution in [0.5, 0.6) is 0 Å². The van der Waals surface area contributed by atoms with Gasteiger partial charge in [0.2, 0.25) is 0 Å². The van der Waals surface area contributed by atoms with Gasteiger partial charge in [-0.15, -0.1) is 0 Å². The van der Waals surface area contributed by atoms with Gasteiger partial charge in [-0.25, -0.2) is 4.98 Å². The molecule has 5 nitrogen and oxygen atoms in total. The molecule has 130 valence electrons. The van der Waals surface area contributed by atoms with Crippen LogP contribution in [-0.4, -0.2) is 22.8 Å². The molecule has 1 aliphatic carbocycles. The Bertz CT molecular complexity index is 817. The Morgan fingerprint density at radius 3 is 2.28 bits per heavy atom. The van der Waals surface area contributed by atoms with E-state index in [-0.39, 0.29) is 29.0 Å². The number of halogens is 3. The summed E-state index contributed by atoms with van der Waals surface area (Å²) in [5, 5.41) is 5.11. The summed E-state index contributed by atoms with van der Waals surface area (Å²) in [6.07, 6.45) is -2.66. The van der Waals surface area contributed by atoms with E-state index in [4.69, 9.17) is 0 Å². The Morgan fingerprint density at radius 1 is 1.00 bits per heavy atom. The summed E-state index contributed by atoms with van der Waals surface area (Å²) in [4.78, 5) is 28.1. The number of nitrogens with zero attached hydrogens (tertiary/aromatic N) is 1. The van der Waals surface area contributed by atoms with Crippen molar-refractivity contribution in [3.05, 3.63) is 59.4 Å². The van der Waals surface area contributed by atoms with E-state index < -0.39 is 17.6 Å². The van der Waals surface area contributed by atoms with Crippen LogP contribution in [0, 0.1) is 0 Å². The molecule has 1 aliphatic rings. The van der Waals surface area contributed by atoms with Gasteiger partial charge in [0.15, 0.2) is 0 Å². The van der Waals surface area contributed by atoms with Gasteiger partial charge < -0.3 is 10.6 Å². The Hall–Kier alpha value is -2.90. The third-order valence-corrected chi connectivity index (χ3v) is 3.57. The molecule has 2 N–H and O–H groups in total. The van der Waals surface area contributed by atoms with Crippen LogP contribution in [-0.2, 0) is 6.18 Å². The standard InChI is InChI=1S/C17H14F3N3O2/c18-17(19,20)10-3-1-4-12(9-10)22-16(25)14-6-2-5-13(23-14)15(24)21-11-7-8-11/h1-6,9,11H,7-8H2,(H,21,24)(H,22,25). The SMILES string of the molecule is O=C(Nc1cccc(C(F)(F)F)c1)c1cccc(C(=O)NC2CC2)n1. The van der Waals surface area contributed by atoms with Crippen LogP contribution < -0.4 is 10.6 Å². The summed E-state index contributed by atoms with van der Waals surface area (Å²) in [6.45, 7) is 0. The fraction of sp³-hybridized carbons (Fsp3) is 0.235. The zero-order valence-corrected chi connectivity index (χ0v) is 12.9. The molecule has 1 saturated carbocycles. The normalized spacial score (nSPS) is 14.0. The summed E-state index contributed by atoms with van der Waals surface area (Å²) in [6, 6.07) is 8.79. The first-order valence-electron chi connectivity index (χ1n) is 7.59. The van der Waals surface area contributed by atoms with Crippen LogP contribution in [0.1, 0.15) is 39.4 Å². The molecule has 1 heterocycles. The lowest BCUT2D eigenvalue weighted by molar-refractivity contribution is -0.137. The number of anilines is 1. The molecule has 0 unspecified atom stereocenters. The Morgan fingerprint density at radius 2 is 1.64 bits per heavy atom. The van der Waals surface area contributed by atoms with Crippen molar-refractivity contribution in [2.75, 3.05) is 5.32 Å². The van der Waals surface area contributed by atoms with Crippen LogP contribution in [0.25, 0.3) is 0 Å². The maximum atomic E-state index is 12.7. The van der Waals surface area contributed by atoms with Crippen LogP contribution in [0.3, 0.4) is 0 Å². The Labute approximate surface area is 141 Å². The molecule has 1 fully saturated rings. The van der Waals surface area contributed by atoms with Gasteiger partial charge in [0.25, 0.3) is 11.8 Å². The van der Waals surface area contributed by atoms with E-state index in [1.807, 2.05) is 0 Å². The summed E-state index contributed by atoms with van der Waals surface area (Å²) < 4.78 is 38.1. The van der Waals surface area contributed by atoms with Crippen molar-refractivity contribution in [2.45, 2.75) is 25.1 Å². The first-order chi connectivity index (χ1) is 11.8. The second-order valence-corrected chi connectivity index (χ2v) is 5.69. The molecule has 0 spiro atoms. The molecule has 2 amide bonds. The highest BCUT2D eigenvalue weighted by atomic mass is 19.4. The number of benzene rings is 1. The van der Waals surface area contributed by atoms with E-state index in [0.717, 1.165) is 25.0 Å². The molecule has 0 atom stereocenters. The first-order valence-corrected chi connectivity index (χ1v) is 7.59. The van der Waals surface area contributed by atoms with Gasteiger partial charge in [-0.3, -0.25) is 9.59 Å². The average Bonchev–Trinajstić information content (AvgIpc) is 3.38. The predicted molar refractivity (Wildman–Crippen MR) is 84.1 cm³/mol. The topological polar surface area (TPSA) is 71.1 Å². The van der Waals surface area contributed by atoms with E-state index >= 15 is 0 Å². The lowest BCUT2D eigenvalue weighted by atomic mass is 10.2. The molecule has 0 saturated heterocycles. The number of rotatable bonds is 4. The van der Waals surface area contributed by atoms with Gasteiger partial charge in [-0.05, 0) is 43.2 Å². The third kappa shape index (κ3) is 4.34. The van der Waals surface area contributed by atoms with Crippen molar-refractivity contribution in [2.24, 2.45) is 0 Å². The van der Waals surface area contributed by atoms with Gasteiger partial charge in [-0.2, -0.15) is 13.2 Å². The van der Waals surface area contributed by atoms with E-state index in [2.05, 4.69) is 15.6 Å². The number of carbonyl (C=O) groups is 2. The Balaban J connectivity index is 1.74. The minimum atomic E-state index is -4.50. The molecule has 2 aromatic rings. The van der Waals surface area contributed by atoms with Gasteiger partial charge >= 0.3 is 6.18 Å². The third-order valence-electron chi connectivity index (χ3n) is 3.57. The number of amides is 2. The maximum Gasteiger partial charge on any atom is 0.416 e. The second kappa shape index (κ2) is 6.54. The number of hydrogen-bond donors (Lipinski definition) is 2. The molecule has 0 aliphatic heterocycles. The summed E-state index contributed by atoms with van der Waals surface area (Å²) >= 11 is 0. The molecule has 25 heavy (non-hydrogen) atoms. The fourth-order valence-corrected chi connectivity index (χ4v) is 2.14. The van der Waals surface area contributed by atoms with E-state index in [0.29, 0.717) is 0 Å². The van der Waals surface area contributed by atoms with Crippen molar-refractivity contribution in [3.63, 3.8) is 0 Å². The van der Waals surface area contributed by atoms with Gasteiger partial charge in [0.1, 0.15) is 11.4 Å². The molecule has 3 rings (SSSR count). The molecule has 1 aromatic heterocycles. The minimum Gasteiger partial charge on any atom is -0.348 e. The van der Waals surface area contributed by atoms with Gasteiger partial charge in [0, 0.05) is 11.7 Å². The number of pyridine rings is 1. The van der Waals surface area contributed by atoms with Crippen molar-refractivity contribution in [1.82, 2.24) is 10.3 Å². The molecule has 1 aromatic carbocycles. The predicted octanol–water partition coefficient (Wildman–Crippen LogP) is 3.24. The van der Waals surface area contributed by atoms with Crippen LogP contribution >= 0.6 is 0 Å². The fourth-order valence-electron chi connectivity index (χ4n) is 2.14. The number of aromatic nitrogens is 1. The van der Waals surface area contributed by atoms with Gasteiger partial charge in [-0.1, -0.05) is 12.1 Å². The van der Waals surface area contributed by atoms with Crippen molar-refractivity contribution in [1.29, 1.82) is 0 Å². The van der Waals surface area contributed by atoms with E-state index in [1.165, 1.54) is 30.3 Å². The second-order valence-electron chi connectivity index (χ2n) is 5.69. The summed E-state index contributed by atoms with van der Waals surface area (Å²) in [7, 11) is 0. The quantitative estimate of drug-likeness (QED) is 0.890. The number of carbonyl (C=O) groups excluding carboxylic acids is 2. The zero-order valence-electron chi connectivity index (χ0n) is 12.9. The van der Waals surface area contributed by atoms with E-state index in [9.17, 15) is 22.8 Å². The smallest absolute Gasteiger partial charge is 0.348 e. The molecular weight excluding hydrogens is 335 g/mol. The molecule has 0 radical (unpaired) electrons. The minimum absolute atomic E-state index is 0.00513. The molecule has 8 heteroatoms. The number of nitrogens with one attached hydrogen (secondary N) is 2. The van der Waals surface area contributed by atoms with Crippen LogP contribution in [0.4, 0.5) is 18.9 Å². The maximum absolute atomic E-state index is 12.7. The summed E-state index contributed by atoms with van der Waals surface area (Å²) in [5.41, 5.74) is -0.838. The molecular formula is C17H14F3N3O2. The summed E-state index contributed by atoms with van der Waals surface area (Å²) in [5.74, 6) is -1.07. The van der Waals surface area contributed by atoms with E-state index in [1.54, 1.807) is 0 Å². The molecule has 0 bridgehead atoms. The highest BCUT2D eigenvalue weighted by Gasteiger charge is 2.30. The highest BCUT2D eigenvalue weighted by molar-refractivity contribution is 6.03. The lowest BCUT2D eigenvalue weighted by Gasteiger charge is -2.10. The van der Waals surface area contributed by atoms with Crippen molar-refractivity contribution in [3.8, 4) is 0 Å². The largest absolute Gasteiger partial charge is 0.416 e. The van der Waals surface area contributed by atoms with Crippen LogP contribution in [0.2, 0.25) is 0 Å². The first kappa shape index (κ1) is 16.9. The van der Waals surface area contributed by atoms with Crippen molar-refractivity contribution >= 4 is 17.5 Å². The monoisotopic (exact) mass is 349 g/mol. The number of hydrogen-bond acceptors (Lipinski definition) is 3. The van der Waals surface area contributed by atoms with Crippen LogP contribution in [0.15, 0.2) is 42.5 Å². The van der Waals surface area contributed by atoms with Gasteiger partial charge in [0.05, 0.1) is 5.56 Å².